The van der Waals surface area contributed by atoms with Crippen LogP contribution in [0.1, 0.15) is 12.0 Å². The Bertz CT molecular complexity index is 515. The van der Waals surface area contributed by atoms with E-state index in [0.717, 1.165) is 24.3 Å². The first-order chi connectivity index (χ1) is 9.38. The molecule has 0 saturated carbocycles. The van der Waals surface area contributed by atoms with Crippen molar-refractivity contribution < 1.29 is 4.74 Å². The Morgan fingerprint density at radius 3 is 2.58 bits per heavy atom. The summed E-state index contributed by atoms with van der Waals surface area (Å²) in [6, 6.07) is 17.7. The molecule has 0 unspecified atom stereocenters. The van der Waals surface area contributed by atoms with Crippen LogP contribution in [0.2, 0.25) is 0 Å². The first kappa shape index (κ1) is 13.1. The van der Waals surface area contributed by atoms with Crippen LogP contribution in [0.3, 0.4) is 0 Å². The standard InChI is InChI=1S/C15H16N2O2/c18-17-16-11-5-7-13-6-4-10-15(12-13)19-14-8-2-1-3-9-14/h1-4,6,8-10,12H,5,7,11H2,(H,16,18). The summed E-state index contributed by atoms with van der Waals surface area (Å²) in [5.74, 6) is 1.65. The van der Waals surface area contributed by atoms with E-state index in [1.807, 2.05) is 54.6 Å². The van der Waals surface area contributed by atoms with E-state index in [4.69, 9.17) is 4.74 Å². The zero-order valence-corrected chi connectivity index (χ0v) is 10.6. The van der Waals surface area contributed by atoms with E-state index in [-0.39, 0.29) is 0 Å². The van der Waals surface area contributed by atoms with Gasteiger partial charge in [-0.15, -0.1) is 4.91 Å². The van der Waals surface area contributed by atoms with Crippen molar-refractivity contribution in [3.05, 3.63) is 65.1 Å². The summed E-state index contributed by atoms with van der Waals surface area (Å²) in [4.78, 5) is 9.89. The fourth-order valence-electron chi connectivity index (χ4n) is 1.81. The molecule has 4 nitrogen and oxygen atoms in total. The largest absolute Gasteiger partial charge is 0.457 e. The molecule has 2 aromatic carbocycles. The van der Waals surface area contributed by atoms with Gasteiger partial charge in [-0.25, -0.2) is 0 Å². The summed E-state index contributed by atoms with van der Waals surface area (Å²) >= 11 is 0. The van der Waals surface area contributed by atoms with Crippen LogP contribution >= 0.6 is 0 Å². The smallest absolute Gasteiger partial charge is 0.127 e. The van der Waals surface area contributed by atoms with Gasteiger partial charge in [0.25, 0.3) is 0 Å². The maximum absolute atomic E-state index is 9.89. The Hall–Kier alpha value is -2.36. The molecule has 0 amide bonds. The molecule has 0 bridgehead atoms. The summed E-state index contributed by atoms with van der Waals surface area (Å²) in [5, 5.41) is 2.62. The van der Waals surface area contributed by atoms with Crippen LogP contribution < -0.4 is 10.2 Å². The van der Waals surface area contributed by atoms with Crippen molar-refractivity contribution in [3.63, 3.8) is 0 Å². The zero-order chi connectivity index (χ0) is 13.3. The molecule has 0 radical (unpaired) electrons. The molecule has 0 spiro atoms. The lowest BCUT2D eigenvalue weighted by Crippen LogP contribution is -2.06. The van der Waals surface area contributed by atoms with Crippen molar-refractivity contribution in [3.8, 4) is 11.5 Å². The molecule has 0 aromatic heterocycles. The van der Waals surface area contributed by atoms with Crippen LogP contribution in [0, 0.1) is 4.91 Å². The minimum absolute atomic E-state index is 0.591. The van der Waals surface area contributed by atoms with Crippen LogP contribution in [0.15, 0.2) is 59.9 Å². The number of nitroso groups, excluding NO2 is 1. The van der Waals surface area contributed by atoms with Crippen LogP contribution in [-0.2, 0) is 6.42 Å². The molecule has 4 heteroatoms. The Kier molecular flexibility index (Phi) is 4.93. The highest BCUT2D eigenvalue weighted by molar-refractivity contribution is 5.33. The SMILES string of the molecule is O=NNCCCc1cccc(Oc2ccccc2)c1. The number of benzene rings is 2. The van der Waals surface area contributed by atoms with Crippen LogP contribution in [0.5, 0.6) is 11.5 Å². The third-order valence-corrected chi connectivity index (χ3v) is 2.70. The highest BCUT2D eigenvalue weighted by Crippen LogP contribution is 2.22. The predicted molar refractivity (Wildman–Crippen MR) is 75.1 cm³/mol. The van der Waals surface area contributed by atoms with E-state index in [9.17, 15) is 4.91 Å². The van der Waals surface area contributed by atoms with E-state index < -0.39 is 0 Å². The van der Waals surface area contributed by atoms with E-state index in [0.29, 0.717) is 6.54 Å². The van der Waals surface area contributed by atoms with E-state index in [1.54, 1.807) is 0 Å². The number of aryl methyl sites for hydroxylation is 1. The van der Waals surface area contributed by atoms with Gasteiger partial charge in [0.15, 0.2) is 0 Å². The van der Waals surface area contributed by atoms with Gasteiger partial charge in [-0.2, -0.15) is 0 Å². The number of hydrogen-bond acceptors (Lipinski definition) is 3. The van der Waals surface area contributed by atoms with Crippen molar-refractivity contribution in [2.75, 3.05) is 6.54 Å². The monoisotopic (exact) mass is 256 g/mol. The maximum Gasteiger partial charge on any atom is 0.127 e. The van der Waals surface area contributed by atoms with Gasteiger partial charge in [-0.05, 0) is 42.7 Å². The molecule has 0 aliphatic rings. The molecule has 0 saturated heterocycles. The number of nitrogens with zero attached hydrogens (tertiary/aromatic N) is 1. The minimum atomic E-state index is 0.591. The molecule has 0 fully saturated rings. The molecule has 2 rings (SSSR count). The molecule has 0 atom stereocenters. The average molecular weight is 256 g/mol. The lowest BCUT2D eigenvalue weighted by molar-refractivity contribution is 0.482. The Morgan fingerprint density at radius 1 is 1.00 bits per heavy atom. The minimum Gasteiger partial charge on any atom is -0.457 e. The average Bonchev–Trinajstić information content (AvgIpc) is 2.45. The van der Waals surface area contributed by atoms with Crippen LogP contribution in [0.4, 0.5) is 0 Å². The number of nitrogens with one attached hydrogen (secondary N) is 1. The van der Waals surface area contributed by atoms with E-state index >= 15 is 0 Å². The third-order valence-electron chi connectivity index (χ3n) is 2.70. The fraction of sp³-hybridized carbons (Fsp3) is 0.200. The van der Waals surface area contributed by atoms with Crippen molar-refractivity contribution in [2.45, 2.75) is 12.8 Å². The Balaban J connectivity index is 1.93. The Morgan fingerprint density at radius 2 is 1.79 bits per heavy atom. The first-order valence-electron chi connectivity index (χ1n) is 6.25. The summed E-state index contributed by atoms with van der Waals surface area (Å²) in [6.07, 6.45) is 1.75. The van der Waals surface area contributed by atoms with Gasteiger partial charge in [0.05, 0.1) is 0 Å². The molecule has 1 N–H and O–H groups in total. The second kappa shape index (κ2) is 7.16. The number of hydrogen-bond donors (Lipinski definition) is 1. The quantitative estimate of drug-likeness (QED) is 0.467. The molecule has 0 aliphatic heterocycles. The molecule has 0 aliphatic carbocycles. The molecule has 19 heavy (non-hydrogen) atoms. The lowest BCUT2D eigenvalue weighted by atomic mass is 10.1. The van der Waals surface area contributed by atoms with Gasteiger partial charge >= 0.3 is 0 Å². The van der Waals surface area contributed by atoms with Crippen molar-refractivity contribution >= 4 is 0 Å². The van der Waals surface area contributed by atoms with Gasteiger partial charge in [-0.3, -0.25) is 5.43 Å². The van der Waals surface area contributed by atoms with Gasteiger partial charge < -0.3 is 4.74 Å². The molecular formula is C15H16N2O2. The summed E-state index contributed by atoms with van der Waals surface area (Å²) in [5.41, 5.74) is 3.59. The summed E-state index contributed by atoms with van der Waals surface area (Å²) in [7, 11) is 0. The maximum atomic E-state index is 9.89. The first-order valence-corrected chi connectivity index (χ1v) is 6.25. The van der Waals surface area contributed by atoms with Crippen LogP contribution in [-0.4, -0.2) is 6.54 Å². The van der Waals surface area contributed by atoms with Crippen LogP contribution in [0.25, 0.3) is 0 Å². The van der Waals surface area contributed by atoms with Gasteiger partial charge in [0, 0.05) is 11.8 Å². The third kappa shape index (κ3) is 4.43. The summed E-state index contributed by atoms with van der Waals surface area (Å²) < 4.78 is 5.76. The highest BCUT2D eigenvalue weighted by atomic mass is 16.5. The predicted octanol–water partition coefficient (Wildman–Crippen LogP) is 3.68. The normalized spacial score (nSPS) is 9.89. The number of rotatable bonds is 7. The van der Waals surface area contributed by atoms with Gasteiger partial charge in [-0.1, -0.05) is 30.3 Å². The molecular weight excluding hydrogens is 240 g/mol. The second-order valence-electron chi connectivity index (χ2n) is 4.17. The number of ether oxygens (including phenoxy) is 1. The molecule has 98 valence electrons. The van der Waals surface area contributed by atoms with Gasteiger partial charge in [0.2, 0.25) is 0 Å². The molecule has 0 heterocycles. The topological polar surface area (TPSA) is 50.7 Å². The number of para-hydroxylation sites is 1. The van der Waals surface area contributed by atoms with Crippen molar-refractivity contribution in [2.24, 2.45) is 5.29 Å². The zero-order valence-electron chi connectivity index (χ0n) is 10.6. The summed E-state index contributed by atoms with van der Waals surface area (Å²) in [6.45, 7) is 0.591. The van der Waals surface area contributed by atoms with E-state index in [1.165, 1.54) is 5.56 Å². The lowest BCUT2D eigenvalue weighted by Gasteiger charge is -2.07. The van der Waals surface area contributed by atoms with Crippen molar-refractivity contribution in [1.29, 1.82) is 0 Å². The highest BCUT2D eigenvalue weighted by Gasteiger charge is 1.99. The molecule has 2 aromatic rings. The second-order valence-corrected chi connectivity index (χ2v) is 4.17. The fourth-order valence-corrected chi connectivity index (χ4v) is 1.81. The van der Waals surface area contributed by atoms with Gasteiger partial charge in [0.1, 0.15) is 11.5 Å². The van der Waals surface area contributed by atoms with Crippen molar-refractivity contribution in [1.82, 2.24) is 5.43 Å². The van der Waals surface area contributed by atoms with E-state index in [2.05, 4.69) is 10.7 Å². The Labute approximate surface area is 112 Å².